The molecule has 0 atom stereocenters. The minimum atomic E-state index is -0.934. The van der Waals surface area contributed by atoms with Crippen LogP contribution in [0.1, 0.15) is 47.6 Å². The number of hydrogen-bond acceptors (Lipinski definition) is 0. The first-order valence-electron chi connectivity index (χ1n) is 11.0. The van der Waals surface area contributed by atoms with Crippen molar-refractivity contribution in [1.29, 1.82) is 0 Å². The maximum Gasteiger partial charge on any atom is 0.166 e. The van der Waals surface area contributed by atoms with Gasteiger partial charge in [0, 0.05) is 16.5 Å². The van der Waals surface area contributed by atoms with Crippen LogP contribution in [0.2, 0.25) is 0 Å². The SMILES string of the molecule is CCCCc1cc(F)c(C#Cc2ccc(C#Cc3ccc4c(F)c(F)ccc4c3)c(F)c2)c(F)c1. The number of fused-ring (bicyclic) bond motifs is 1. The molecule has 0 spiro atoms. The third-order valence-electron chi connectivity index (χ3n) is 5.47. The fourth-order valence-electron chi connectivity index (χ4n) is 3.58. The Morgan fingerprint density at radius 3 is 2.03 bits per heavy atom. The summed E-state index contributed by atoms with van der Waals surface area (Å²) in [5.41, 5.74) is 1.05. The molecule has 0 saturated carbocycles. The maximum atomic E-state index is 14.5. The smallest absolute Gasteiger partial charge is 0.166 e. The lowest BCUT2D eigenvalue weighted by Crippen LogP contribution is -1.95. The Balaban J connectivity index is 1.56. The molecule has 4 rings (SSSR count). The molecule has 5 heteroatoms. The second-order valence-corrected chi connectivity index (χ2v) is 8.03. The van der Waals surface area contributed by atoms with Gasteiger partial charge in [-0.15, -0.1) is 0 Å². The lowest BCUT2D eigenvalue weighted by Gasteiger charge is -2.03. The molecule has 0 N–H and O–H groups in total. The standard InChI is InChI=1S/C30H19F5/c1-2-3-4-21-17-28(33)25(29(34)18-21)13-8-20-6-10-22(27(32)16-20)9-5-19-7-12-24-23(15-19)11-14-26(31)30(24)35/h6-7,10-12,14-18H,2-4H2,1H3. The van der Waals surface area contributed by atoms with E-state index in [4.69, 9.17) is 0 Å². The van der Waals surface area contributed by atoms with E-state index in [-0.39, 0.29) is 22.1 Å². The van der Waals surface area contributed by atoms with Crippen molar-refractivity contribution >= 4 is 10.8 Å². The van der Waals surface area contributed by atoms with E-state index in [9.17, 15) is 22.0 Å². The molecule has 0 aliphatic rings. The highest BCUT2D eigenvalue weighted by atomic mass is 19.2. The first-order valence-corrected chi connectivity index (χ1v) is 11.0. The van der Waals surface area contributed by atoms with Crippen LogP contribution in [0.3, 0.4) is 0 Å². The zero-order valence-corrected chi connectivity index (χ0v) is 18.8. The molecule has 0 fully saturated rings. The molecule has 0 saturated heterocycles. The van der Waals surface area contributed by atoms with Gasteiger partial charge in [0.05, 0.1) is 11.1 Å². The van der Waals surface area contributed by atoms with Gasteiger partial charge >= 0.3 is 0 Å². The van der Waals surface area contributed by atoms with E-state index in [1.54, 1.807) is 6.07 Å². The van der Waals surface area contributed by atoms with Gasteiger partial charge in [-0.1, -0.05) is 49.2 Å². The highest BCUT2D eigenvalue weighted by molar-refractivity contribution is 5.84. The van der Waals surface area contributed by atoms with Crippen LogP contribution >= 0.6 is 0 Å². The topological polar surface area (TPSA) is 0 Å². The summed E-state index contributed by atoms with van der Waals surface area (Å²) in [5, 5.41) is 0.604. The summed E-state index contributed by atoms with van der Waals surface area (Å²) in [4.78, 5) is 0. The maximum absolute atomic E-state index is 14.5. The summed E-state index contributed by atoms with van der Waals surface area (Å²) in [5.74, 6) is 6.54. The van der Waals surface area contributed by atoms with Gasteiger partial charge in [-0.3, -0.25) is 0 Å². The van der Waals surface area contributed by atoms with Crippen LogP contribution in [0.25, 0.3) is 10.8 Å². The van der Waals surface area contributed by atoms with Gasteiger partial charge in [0.2, 0.25) is 0 Å². The molecule has 0 nitrogen and oxygen atoms in total. The molecule has 0 amide bonds. The number of unbranched alkanes of at least 4 members (excludes halogenated alkanes) is 1. The molecule has 174 valence electrons. The van der Waals surface area contributed by atoms with E-state index in [0.29, 0.717) is 22.9 Å². The number of halogens is 5. The molecule has 0 aliphatic carbocycles. The summed E-state index contributed by atoms with van der Waals surface area (Å²) < 4.78 is 70.4. The van der Waals surface area contributed by atoms with E-state index >= 15 is 0 Å². The highest BCUT2D eigenvalue weighted by Gasteiger charge is 2.10. The van der Waals surface area contributed by atoms with E-state index in [0.717, 1.165) is 25.0 Å². The Morgan fingerprint density at radius 2 is 1.31 bits per heavy atom. The normalized spacial score (nSPS) is 10.5. The van der Waals surface area contributed by atoms with E-state index in [1.807, 2.05) is 6.92 Å². The van der Waals surface area contributed by atoms with E-state index in [2.05, 4.69) is 23.7 Å². The number of aryl methyl sites for hydroxylation is 1. The van der Waals surface area contributed by atoms with Crippen molar-refractivity contribution in [3.8, 4) is 23.7 Å². The third kappa shape index (κ3) is 5.53. The number of rotatable bonds is 3. The Labute approximate surface area is 200 Å². The Hall–Kier alpha value is -4.09. The predicted octanol–water partition coefficient (Wildman–Crippen LogP) is 7.68. The Kier molecular flexibility index (Phi) is 7.18. The molecule has 0 aliphatic heterocycles. The summed E-state index contributed by atoms with van der Waals surface area (Å²) in [6.45, 7) is 2.00. The van der Waals surface area contributed by atoms with E-state index < -0.39 is 29.1 Å². The quantitative estimate of drug-likeness (QED) is 0.211. The summed E-state index contributed by atoms with van der Waals surface area (Å²) in [6.07, 6.45) is 2.33. The fraction of sp³-hybridized carbons (Fsp3) is 0.133. The van der Waals surface area contributed by atoms with Gasteiger partial charge in [-0.05, 0) is 72.3 Å². The molecule has 0 aromatic heterocycles. The van der Waals surface area contributed by atoms with Gasteiger partial charge in [0.25, 0.3) is 0 Å². The van der Waals surface area contributed by atoms with Gasteiger partial charge in [-0.2, -0.15) is 0 Å². The van der Waals surface area contributed by atoms with Gasteiger partial charge in [0.1, 0.15) is 17.5 Å². The zero-order valence-electron chi connectivity index (χ0n) is 18.8. The van der Waals surface area contributed by atoms with Gasteiger partial charge < -0.3 is 0 Å². The molecular formula is C30H19F5. The number of hydrogen-bond donors (Lipinski definition) is 0. The lowest BCUT2D eigenvalue weighted by molar-refractivity contribution is 0.517. The molecule has 4 aromatic carbocycles. The molecule has 35 heavy (non-hydrogen) atoms. The molecule has 4 aromatic rings. The molecule has 0 heterocycles. The van der Waals surface area contributed by atoms with Crippen LogP contribution in [0.5, 0.6) is 0 Å². The second kappa shape index (κ2) is 10.5. The van der Waals surface area contributed by atoms with Gasteiger partial charge in [-0.25, -0.2) is 22.0 Å². The summed E-state index contributed by atoms with van der Waals surface area (Å²) in [6, 6.07) is 13.6. The van der Waals surface area contributed by atoms with Crippen LogP contribution in [0, 0.1) is 52.8 Å². The van der Waals surface area contributed by atoms with Crippen molar-refractivity contribution in [3.05, 3.63) is 118 Å². The minimum Gasteiger partial charge on any atom is -0.206 e. The fourth-order valence-corrected chi connectivity index (χ4v) is 3.58. The number of benzene rings is 4. The van der Waals surface area contributed by atoms with Crippen molar-refractivity contribution in [2.24, 2.45) is 0 Å². The largest absolute Gasteiger partial charge is 0.206 e. The van der Waals surface area contributed by atoms with Crippen molar-refractivity contribution < 1.29 is 22.0 Å². The Morgan fingerprint density at radius 1 is 0.629 bits per heavy atom. The molecular weight excluding hydrogens is 455 g/mol. The zero-order chi connectivity index (χ0) is 24.9. The summed E-state index contributed by atoms with van der Waals surface area (Å²) in [7, 11) is 0. The highest BCUT2D eigenvalue weighted by Crippen LogP contribution is 2.22. The van der Waals surface area contributed by atoms with Crippen LogP contribution in [0.15, 0.2) is 60.7 Å². The van der Waals surface area contributed by atoms with Gasteiger partial charge in [0.15, 0.2) is 11.6 Å². The molecule has 0 radical (unpaired) electrons. The average molecular weight is 474 g/mol. The Bertz CT molecular complexity index is 1520. The van der Waals surface area contributed by atoms with Crippen LogP contribution in [-0.4, -0.2) is 0 Å². The van der Waals surface area contributed by atoms with Crippen molar-refractivity contribution in [1.82, 2.24) is 0 Å². The third-order valence-corrected chi connectivity index (χ3v) is 5.47. The molecule has 0 unspecified atom stereocenters. The second-order valence-electron chi connectivity index (χ2n) is 8.03. The summed E-state index contributed by atoms with van der Waals surface area (Å²) >= 11 is 0. The monoisotopic (exact) mass is 474 g/mol. The minimum absolute atomic E-state index is 0.0959. The first kappa shape index (κ1) is 24.0. The average Bonchev–Trinajstić information content (AvgIpc) is 2.84. The first-order chi connectivity index (χ1) is 16.9. The lowest BCUT2D eigenvalue weighted by atomic mass is 10.0. The van der Waals surface area contributed by atoms with Crippen molar-refractivity contribution in [2.75, 3.05) is 0 Å². The van der Waals surface area contributed by atoms with Crippen molar-refractivity contribution in [2.45, 2.75) is 26.2 Å². The van der Waals surface area contributed by atoms with Crippen LogP contribution in [0.4, 0.5) is 22.0 Å². The van der Waals surface area contributed by atoms with Crippen molar-refractivity contribution in [3.63, 3.8) is 0 Å². The molecule has 0 bridgehead atoms. The van der Waals surface area contributed by atoms with E-state index in [1.165, 1.54) is 42.5 Å². The predicted molar refractivity (Wildman–Crippen MR) is 127 cm³/mol. The van der Waals surface area contributed by atoms with Crippen LogP contribution in [-0.2, 0) is 6.42 Å². The van der Waals surface area contributed by atoms with Crippen LogP contribution < -0.4 is 0 Å².